The Bertz CT molecular complexity index is 983. The standard InChI is InChI=1S/C22H23BrN2O3S2/c1-3-28-21(27)19-16-10-4-13(2)12-17(16)30-20(19)25-22(29)24-18(26)11-7-14-5-8-15(23)9-6-14/h5-9,11,13H,3-4,10,12H2,1-2H3,(H2,24,25,26,29). The van der Waals surface area contributed by atoms with Crippen molar-refractivity contribution < 1.29 is 14.3 Å². The van der Waals surface area contributed by atoms with Gasteiger partial charge in [0.15, 0.2) is 5.11 Å². The molecular formula is C22H23BrN2O3S2. The highest BCUT2D eigenvalue weighted by molar-refractivity contribution is 9.10. The predicted molar refractivity (Wildman–Crippen MR) is 129 cm³/mol. The van der Waals surface area contributed by atoms with Gasteiger partial charge >= 0.3 is 5.97 Å². The number of anilines is 1. The van der Waals surface area contributed by atoms with Crippen LogP contribution < -0.4 is 10.6 Å². The zero-order chi connectivity index (χ0) is 21.7. The van der Waals surface area contributed by atoms with E-state index in [1.807, 2.05) is 24.3 Å². The van der Waals surface area contributed by atoms with Gasteiger partial charge < -0.3 is 10.1 Å². The van der Waals surface area contributed by atoms with Crippen LogP contribution in [-0.2, 0) is 22.4 Å². The molecule has 1 atom stereocenters. The third kappa shape index (κ3) is 5.77. The number of thiophene rings is 1. The summed E-state index contributed by atoms with van der Waals surface area (Å²) in [5.74, 6) is -0.117. The van der Waals surface area contributed by atoms with Gasteiger partial charge in [0.1, 0.15) is 5.00 Å². The van der Waals surface area contributed by atoms with Crippen molar-refractivity contribution in [2.45, 2.75) is 33.1 Å². The van der Waals surface area contributed by atoms with Crippen molar-refractivity contribution >= 4 is 67.6 Å². The van der Waals surface area contributed by atoms with Crippen LogP contribution in [0.15, 0.2) is 34.8 Å². The Morgan fingerprint density at radius 1 is 1.33 bits per heavy atom. The van der Waals surface area contributed by atoms with Crippen LogP contribution in [0.4, 0.5) is 5.00 Å². The number of carbonyl (C=O) groups excluding carboxylic acids is 2. The minimum absolute atomic E-state index is 0.151. The second-order valence-corrected chi connectivity index (χ2v) is 9.53. The lowest BCUT2D eigenvalue weighted by Gasteiger charge is -2.18. The molecule has 158 valence electrons. The average Bonchev–Trinajstić information content (AvgIpc) is 3.04. The van der Waals surface area contributed by atoms with Gasteiger partial charge in [-0.1, -0.05) is 35.0 Å². The third-order valence-electron chi connectivity index (χ3n) is 4.75. The Balaban J connectivity index is 1.70. The second kappa shape index (κ2) is 10.3. The fourth-order valence-electron chi connectivity index (χ4n) is 3.29. The van der Waals surface area contributed by atoms with Crippen molar-refractivity contribution in [3.63, 3.8) is 0 Å². The molecule has 2 aromatic rings. The van der Waals surface area contributed by atoms with Gasteiger partial charge in [-0.2, -0.15) is 0 Å². The minimum Gasteiger partial charge on any atom is -0.462 e. The van der Waals surface area contributed by atoms with Crippen LogP contribution >= 0.6 is 39.5 Å². The quantitative estimate of drug-likeness (QED) is 0.325. The fraction of sp³-hybridized carbons (Fsp3) is 0.318. The van der Waals surface area contributed by atoms with E-state index in [4.69, 9.17) is 17.0 Å². The first-order valence-electron chi connectivity index (χ1n) is 9.74. The van der Waals surface area contributed by atoms with Gasteiger partial charge in [0.25, 0.3) is 0 Å². The molecule has 2 N–H and O–H groups in total. The molecule has 0 bridgehead atoms. The summed E-state index contributed by atoms with van der Waals surface area (Å²) < 4.78 is 6.23. The van der Waals surface area contributed by atoms with Gasteiger partial charge in [0.2, 0.25) is 5.91 Å². The SMILES string of the molecule is CCOC(=O)c1c(NC(=S)NC(=O)C=Cc2ccc(Br)cc2)sc2c1CCC(C)C2. The first-order chi connectivity index (χ1) is 14.4. The van der Waals surface area contributed by atoms with E-state index in [2.05, 4.69) is 33.5 Å². The van der Waals surface area contributed by atoms with Gasteiger partial charge in [0.05, 0.1) is 12.2 Å². The Hall–Kier alpha value is -2.03. The molecule has 8 heteroatoms. The van der Waals surface area contributed by atoms with Crippen molar-refractivity contribution in [2.75, 3.05) is 11.9 Å². The van der Waals surface area contributed by atoms with Crippen molar-refractivity contribution in [3.05, 3.63) is 56.4 Å². The van der Waals surface area contributed by atoms with Gasteiger partial charge in [-0.05, 0) is 73.7 Å². The maximum atomic E-state index is 12.6. The Morgan fingerprint density at radius 3 is 2.77 bits per heavy atom. The molecule has 1 aromatic carbocycles. The summed E-state index contributed by atoms with van der Waals surface area (Å²) in [6.45, 7) is 4.30. The molecule has 0 fully saturated rings. The minimum atomic E-state index is -0.351. The lowest BCUT2D eigenvalue weighted by atomic mass is 9.88. The molecule has 0 radical (unpaired) electrons. The van der Waals surface area contributed by atoms with E-state index in [-0.39, 0.29) is 17.0 Å². The summed E-state index contributed by atoms with van der Waals surface area (Å²) in [6.07, 6.45) is 5.95. The van der Waals surface area contributed by atoms with Crippen molar-refractivity contribution in [2.24, 2.45) is 5.92 Å². The van der Waals surface area contributed by atoms with Gasteiger partial charge in [0, 0.05) is 15.4 Å². The molecule has 1 heterocycles. The monoisotopic (exact) mass is 506 g/mol. The fourth-order valence-corrected chi connectivity index (χ4v) is 5.23. The summed E-state index contributed by atoms with van der Waals surface area (Å²) in [6, 6.07) is 7.60. The molecule has 1 aliphatic carbocycles. The molecule has 1 amide bonds. The Labute approximate surface area is 194 Å². The van der Waals surface area contributed by atoms with Gasteiger partial charge in [-0.15, -0.1) is 11.3 Å². The molecule has 5 nitrogen and oxygen atoms in total. The number of benzene rings is 1. The molecule has 1 aliphatic rings. The van der Waals surface area contributed by atoms with E-state index in [0.717, 1.165) is 34.9 Å². The summed E-state index contributed by atoms with van der Waals surface area (Å²) in [5.41, 5.74) is 2.49. The largest absolute Gasteiger partial charge is 0.462 e. The average molecular weight is 507 g/mol. The van der Waals surface area contributed by atoms with Crippen LogP contribution in [0.1, 0.15) is 46.6 Å². The first-order valence-corrected chi connectivity index (χ1v) is 11.8. The van der Waals surface area contributed by atoms with E-state index in [1.165, 1.54) is 22.3 Å². The van der Waals surface area contributed by atoms with E-state index >= 15 is 0 Å². The highest BCUT2D eigenvalue weighted by Gasteiger charge is 2.28. The van der Waals surface area contributed by atoms with Crippen LogP contribution in [0.25, 0.3) is 6.08 Å². The summed E-state index contributed by atoms with van der Waals surface area (Å²) in [5, 5.41) is 6.46. The molecule has 3 rings (SSSR count). The highest BCUT2D eigenvalue weighted by Crippen LogP contribution is 2.40. The molecule has 1 unspecified atom stereocenters. The lowest BCUT2D eigenvalue weighted by molar-refractivity contribution is -0.115. The predicted octanol–water partition coefficient (Wildman–Crippen LogP) is 5.34. The molecule has 1 aromatic heterocycles. The number of rotatable bonds is 5. The van der Waals surface area contributed by atoms with Crippen LogP contribution in [0.3, 0.4) is 0 Å². The Morgan fingerprint density at radius 2 is 2.07 bits per heavy atom. The third-order valence-corrected chi connectivity index (χ3v) is 6.65. The van der Waals surface area contributed by atoms with Crippen LogP contribution in [-0.4, -0.2) is 23.6 Å². The van der Waals surface area contributed by atoms with E-state index in [9.17, 15) is 9.59 Å². The van der Waals surface area contributed by atoms with Crippen LogP contribution in [0, 0.1) is 5.92 Å². The highest BCUT2D eigenvalue weighted by atomic mass is 79.9. The van der Waals surface area contributed by atoms with E-state index in [1.54, 1.807) is 13.0 Å². The number of ether oxygens (including phenoxy) is 1. The van der Waals surface area contributed by atoms with Crippen LogP contribution in [0.5, 0.6) is 0 Å². The van der Waals surface area contributed by atoms with Gasteiger partial charge in [-0.25, -0.2) is 4.79 Å². The number of esters is 1. The number of halogens is 1. The lowest BCUT2D eigenvalue weighted by Crippen LogP contribution is -2.33. The summed E-state index contributed by atoms with van der Waals surface area (Å²) in [7, 11) is 0. The van der Waals surface area contributed by atoms with E-state index < -0.39 is 0 Å². The molecule has 0 spiro atoms. The molecule has 0 saturated heterocycles. The number of nitrogens with one attached hydrogen (secondary N) is 2. The van der Waals surface area contributed by atoms with Crippen molar-refractivity contribution in [1.82, 2.24) is 5.32 Å². The van der Waals surface area contributed by atoms with Crippen molar-refractivity contribution in [1.29, 1.82) is 0 Å². The normalized spacial score (nSPS) is 15.5. The van der Waals surface area contributed by atoms with Crippen molar-refractivity contribution in [3.8, 4) is 0 Å². The molecule has 30 heavy (non-hydrogen) atoms. The number of thiocarbonyl (C=S) groups is 1. The first kappa shape index (κ1) is 22.7. The number of hydrogen-bond acceptors (Lipinski definition) is 5. The number of fused-ring (bicyclic) bond motifs is 1. The van der Waals surface area contributed by atoms with E-state index in [0.29, 0.717) is 23.1 Å². The molecule has 0 aliphatic heterocycles. The summed E-state index contributed by atoms with van der Waals surface area (Å²) in [4.78, 5) is 26.0. The van der Waals surface area contributed by atoms with Gasteiger partial charge in [-0.3, -0.25) is 10.1 Å². The smallest absolute Gasteiger partial charge is 0.341 e. The Kier molecular flexibility index (Phi) is 7.80. The number of carbonyl (C=O) groups is 2. The molecule has 0 saturated carbocycles. The summed E-state index contributed by atoms with van der Waals surface area (Å²) >= 11 is 10.2. The van der Waals surface area contributed by atoms with Crippen LogP contribution in [0.2, 0.25) is 0 Å². The molecular weight excluding hydrogens is 484 g/mol. The zero-order valence-corrected chi connectivity index (χ0v) is 20.0. The number of hydrogen-bond donors (Lipinski definition) is 2. The number of amides is 1. The zero-order valence-electron chi connectivity index (χ0n) is 16.8. The maximum absolute atomic E-state index is 12.6. The topological polar surface area (TPSA) is 67.4 Å². The second-order valence-electron chi connectivity index (χ2n) is 7.10. The maximum Gasteiger partial charge on any atom is 0.341 e.